The van der Waals surface area contributed by atoms with Gasteiger partial charge in [-0.05, 0) is 45.4 Å². The number of hydrogen-bond acceptors (Lipinski definition) is 8. The van der Waals surface area contributed by atoms with Crippen molar-refractivity contribution in [3.8, 4) is 11.6 Å². The first-order valence-electron chi connectivity index (χ1n) is 11.9. The second kappa shape index (κ2) is 11.4. The van der Waals surface area contributed by atoms with Crippen molar-refractivity contribution in [3.05, 3.63) is 47.9 Å². The SMILES string of the molecule is CC(C)(C)OC(=O)N[C@H]1CCS(=O)(CCC(O)(c2cnc(Oc3cccc(C(F)(F)F)c3)cn2)C(F)(F)F)=NC1=O. The number of amides is 2. The Labute approximate surface area is 230 Å². The van der Waals surface area contributed by atoms with Gasteiger partial charge in [-0.15, -0.1) is 0 Å². The van der Waals surface area contributed by atoms with Crippen LogP contribution >= 0.6 is 0 Å². The summed E-state index contributed by atoms with van der Waals surface area (Å²) in [7, 11) is -3.55. The first kappa shape index (κ1) is 32.0. The lowest BCUT2D eigenvalue weighted by Crippen LogP contribution is -2.47. The van der Waals surface area contributed by atoms with Crippen LogP contribution in [0, 0.1) is 0 Å². The van der Waals surface area contributed by atoms with Gasteiger partial charge < -0.3 is 19.9 Å². The van der Waals surface area contributed by atoms with Crippen LogP contribution in [0.3, 0.4) is 0 Å². The van der Waals surface area contributed by atoms with Crippen LogP contribution in [0.15, 0.2) is 41.0 Å². The molecule has 17 heteroatoms. The summed E-state index contributed by atoms with van der Waals surface area (Å²) in [6.45, 7) is 4.78. The molecule has 226 valence electrons. The number of carbonyl (C=O) groups excluding carboxylic acids is 2. The third-order valence-corrected chi connectivity index (χ3v) is 7.89. The number of aromatic nitrogens is 2. The van der Waals surface area contributed by atoms with E-state index < -0.39 is 80.6 Å². The number of rotatable bonds is 7. The van der Waals surface area contributed by atoms with E-state index >= 15 is 0 Å². The highest BCUT2D eigenvalue weighted by Crippen LogP contribution is 2.41. The molecule has 1 aliphatic rings. The van der Waals surface area contributed by atoms with Gasteiger partial charge in [-0.3, -0.25) is 9.78 Å². The van der Waals surface area contributed by atoms with E-state index in [1.54, 1.807) is 20.8 Å². The molecule has 1 aliphatic heterocycles. The number of ether oxygens (including phenoxy) is 2. The van der Waals surface area contributed by atoms with Crippen molar-refractivity contribution in [1.82, 2.24) is 15.3 Å². The normalized spacial score (nSPS) is 21.4. The van der Waals surface area contributed by atoms with E-state index in [4.69, 9.17) is 9.47 Å². The molecule has 3 rings (SSSR count). The number of alkyl carbamates (subject to hydrolysis) is 1. The van der Waals surface area contributed by atoms with Gasteiger partial charge in [-0.1, -0.05) is 6.07 Å². The molecule has 2 N–H and O–H groups in total. The van der Waals surface area contributed by atoms with Gasteiger partial charge in [-0.25, -0.2) is 14.0 Å². The largest absolute Gasteiger partial charge is 0.444 e. The Balaban J connectivity index is 1.74. The van der Waals surface area contributed by atoms with E-state index in [0.29, 0.717) is 18.5 Å². The Morgan fingerprint density at radius 3 is 2.34 bits per heavy atom. The quantitative estimate of drug-likeness (QED) is 0.429. The molecule has 10 nitrogen and oxygen atoms in total. The van der Waals surface area contributed by atoms with E-state index in [1.165, 1.54) is 0 Å². The number of hydrogen-bond donors (Lipinski definition) is 2. The summed E-state index contributed by atoms with van der Waals surface area (Å²) in [6.07, 6.45) is -11.1. The molecular weight excluding hydrogens is 586 g/mol. The van der Waals surface area contributed by atoms with Crippen molar-refractivity contribution in [2.24, 2.45) is 4.36 Å². The molecule has 2 unspecified atom stereocenters. The lowest BCUT2D eigenvalue weighted by atomic mass is 9.96. The van der Waals surface area contributed by atoms with Gasteiger partial charge in [0.1, 0.15) is 17.4 Å². The number of aliphatic hydroxyl groups is 1. The highest BCUT2D eigenvalue weighted by molar-refractivity contribution is 7.93. The fourth-order valence-corrected chi connectivity index (χ4v) is 5.65. The van der Waals surface area contributed by atoms with E-state index in [0.717, 1.165) is 18.2 Å². The minimum atomic E-state index is -5.33. The molecule has 3 atom stereocenters. The first-order chi connectivity index (χ1) is 18.7. The Bertz CT molecular complexity index is 1400. The van der Waals surface area contributed by atoms with Crippen LogP contribution < -0.4 is 10.1 Å². The van der Waals surface area contributed by atoms with Gasteiger partial charge in [0.15, 0.2) is 0 Å². The van der Waals surface area contributed by atoms with Crippen molar-refractivity contribution >= 4 is 21.7 Å². The Kier molecular flexibility index (Phi) is 8.93. The van der Waals surface area contributed by atoms with E-state index in [1.807, 2.05) is 0 Å². The minimum Gasteiger partial charge on any atom is -0.444 e. The number of halogens is 6. The molecule has 1 aromatic carbocycles. The van der Waals surface area contributed by atoms with Crippen molar-refractivity contribution in [3.63, 3.8) is 0 Å². The molecule has 2 aromatic rings. The van der Waals surface area contributed by atoms with Crippen LogP contribution in [0.2, 0.25) is 0 Å². The summed E-state index contributed by atoms with van der Waals surface area (Å²) in [5.74, 6) is -2.98. The molecule has 0 saturated carbocycles. The minimum absolute atomic E-state index is 0.188. The van der Waals surface area contributed by atoms with Gasteiger partial charge >= 0.3 is 18.4 Å². The van der Waals surface area contributed by atoms with Gasteiger partial charge in [0.05, 0.1) is 33.4 Å². The molecule has 41 heavy (non-hydrogen) atoms. The zero-order valence-electron chi connectivity index (χ0n) is 21.9. The summed E-state index contributed by atoms with van der Waals surface area (Å²) in [4.78, 5) is 31.4. The molecule has 2 amide bonds. The maximum Gasteiger partial charge on any atom is 0.423 e. The molecule has 1 aromatic heterocycles. The highest BCUT2D eigenvalue weighted by Gasteiger charge is 2.56. The van der Waals surface area contributed by atoms with Crippen molar-refractivity contribution < 1.29 is 54.7 Å². The second-order valence-electron chi connectivity index (χ2n) is 10.1. The lowest BCUT2D eigenvalue weighted by Gasteiger charge is -2.31. The Morgan fingerprint density at radius 2 is 1.80 bits per heavy atom. The average molecular weight is 613 g/mol. The molecule has 0 radical (unpaired) electrons. The van der Waals surface area contributed by atoms with Crippen molar-refractivity contribution in [1.29, 1.82) is 0 Å². The number of nitrogens with one attached hydrogen (secondary N) is 1. The summed E-state index contributed by atoms with van der Waals surface area (Å²) in [5.41, 5.74) is -6.56. The van der Waals surface area contributed by atoms with Crippen LogP contribution in [0.5, 0.6) is 11.6 Å². The van der Waals surface area contributed by atoms with Crippen LogP contribution in [-0.4, -0.2) is 60.6 Å². The highest BCUT2D eigenvalue weighted by atomic mass is 32.2. The third-order valence-electron chi connectivity index (χ3n) is 5.66. The van der Waals surface area contributed by atoms with E-state index in [2.05, 4.69) is 19.6 Å². The molecule has 0 fully saturated rings. The fourth-order valence-electron chi connectivity index (χ4n) is 3.59. The number of alkyl halides is 6. The van der Waals surface area contributed by atoms with Crippen LogP contribution in [0.25, 0.3) is 0 Å². The van der Waals surface area contributed by atoms with Crippen LogP contribution in [0.4, 0.5) is 31.1 Å². The van der Waals surface area contributed by atoms with Gasteiger partial charge in [0.2, 0.25) is 11.5 Å². The van der Waals surface area contributed by atoms with Crippen LogP contribution in [-0.2, 0) is 31.0 Å². The number of nitrogens with zero attached hydrogens (tertiary/aromatic N) is 3. The molecule has 2 heterocycles. The number of benzene rings is 1. The van der Waals surface area contributed by atoms with Crippen LogP contribution in [0.1, 0.15) is 44.9 Å². The molecule has 0 bridgehead atoms. The summed E-state index contributed by atoms with van der Waals surface area (Å²) in [6, 6.07) is 2.48. The maximum absolute atomic E-state index is 14.0. The summed E-state index contributed by atoms with van der Waals surface area (Å²) >= 11 is 0. The zero-order chi connectivity index (χ0) is 30.9. The third kappa shape index (κ3) is 8.28. The van der Waals surface area contributed by atoms with Gasteiger partial charge in [0, 0.05) is 17.9 Å². The Hall–Kier alpha value is -3.47. The van der Waals surface area contributed by atoms with E-state index in [-0.39, 0.29) is 17.9 Å². The number of carbonyl (C=O) groups is 2. The zero-order valence-corrected chi connectivity index (χ0v) is 22.7. The van der Waals surface area contributed by atoms with Gasteiger partial charge in [0.25, 0.3) is 5.91 Å². The predicted molar refractivity (Wildman–Crippen MR) is 131 cm³/mol. The maximum atomic E-state index is 14.0. The molecule has 0 saturated heterocycles. The van der Waals surface area contributed by atoms with Gasteiger partial charge in [-0.2, -0.15) is 30.7 Å². The fraction of sp³-hybridized carbons (Fsp3) is 0.500. The molecule has 0 spiro atoms. The van der Waals surface area contributed by atoms with Crippen molar-refractivity contribution in [2.75, 3.05) is 11.5 Å². The molecular formula is C24H26F6N4O6S. The summed E-state index contributed by atoms with van der Waals surface area (Å²) in [5, 5.41) is 12.9. The second-order valence-corrected chi connectivity index (χ2v) is 12.6. The summed E-state index contributed by atoms with van der Waals surface area (Å²) < 4.78 is 107. The van der Waals surface area contributed by atoms with E-state index in [9.17, 15) is 45.2 Å². The predicted octanol–water partition coefficient (Wildman–Crippen LogP) is 4.72. The monoisotopic (exact) mass is 612 g/mol. The van der Waals surface area contributed by atoms with Crippen molar-refractivity contribution in [2.45, 2.75) is 63.2 Å². The topological polar surface area (TPSA) is 140 Å². The average Bonchev–Trinajstić information content (AvgIpc) is 2.83. The standard InChI is InChI=1S/C24H26F6N4O6S/c1-21(2,3)40-20(36)33-16-7-9-41(38,34-19(16)35)10-8-22(37,24(28,29)30)17-12-32-18(13-31-17)39-15-6-4-5-14(11-15)23(25,26)27/h4-6,11-13,16,37H,7-10H2,1-3H3,(H,33,36)/t16-,22?,41?/m0/s1. The molecule has 0 aliphatic carbocycles. The first-order valence-corrected chi connectivity index (χ1v) is 13.8. The smallest absolute Gasteiger partial charge is 0.423 e. The lowest BCUT2D eigenvalue weighted by molar-refractivity contribution is -0.269. The Morgan fingerprint density at radius 1 is 1.12 bits per heavy atom.